The maximum absolute atomic E-state index is 13.4. The smallest absolute Gasteiger partial charge is 0.318 e. The molecular formula is C37H43ClN8O3. The van der Waals surface area contributed by atoms with E-state index in [0.29, 0.717) is 57.8 Å². The molecule has 1 aromatic heterocycles. The van der Waals surface area contributed by atoms with Crippen molar-refractivity contribution in [3.63, 3.8) is 0 Å². The van der Waals surface area contributed by atoms with Gasteiger partial charge in [0.25, 0.3) is 0 Å². The minimum atomic E-state index is -0.326. The van der Waals surface area contributed by atoms with Crippen molar-refractivity contribution in [1.82, 2.24) is 24.7 Å². The molecule has 11 nitrogen and oxygen atoms in total. The van der Waals surface area contributed by atoms with Gasteiger partial charge in [-0.25, -0.2) is 0 Å². The molecule has 3 aromatic rings. The summed E-state index contributed by atoms with van der Waals surface area (Å²) in [6.07, 6.45) is 8.57. The molecule has 0 N–H and O–H groups in total. The molecule has 0 radical (unpaired) electrons. The van der Waals surface area contributed by atoms with Crippen LogP contribution in [-0.2, 0) is 22.6 Å². The lowest BCUT2D eigenvalue weighted by molar-refractivity contribution is -0.130. The van der Waals surface area contributed by atoms with E-state index < -0.39 is 0 Å². The van der Waals surface area contributed by atoms with Crippen LogP contribution in [0.25, 0.3) is 10.8 Å². The summed E-state index contributed by atoms with van der Waals surface area (Å²) in [5.74, 6) is 0.680. The number of anilines is 2. The number of hydrogen-bond donors (Lipinski definition) is 0. The lowest BCUT2D eigenvalue weighted by Crippen LogP contribution is -2.55. The van der Waals surface area contributed by atoms with Crippen LogP contribution in [-0.4, -0.2) is 101 Å². The topological polar surface area (TPSA) is 109 Å². The molecule has 0 spiro atoms. The highest BCUT2D eigenvalue weighted by Crippen LogP contribution is 2.37. The third-order valence-corrected chi connectivity index (χ3v) is 10.7. The Kier molecular flexibility index (Phi) is 9.87. The van der Waals surface area contributed by atoms with Crippen molar-refractivity contribution in [3.8, 4) is 12.1 Å². The molecule has 3 saturated heterocycles. The van der Waals surface area contributed by atoms with Crippen molar-refractivity contribution in [2.24, 2.45) is 0 Å². The molecule has 0 saturated carbocycles. The molecule has 5 heterocycles. The van der Waals surface area contributed by atoms with Gasteiger partial charge >= 0.3 is 6.01 Å². The Balaban J connectivity index is 1.16. The lowest BCUT2D eigenvalue weighted by Gasteiger charge is -2.42. The largest absolute Gasteiger partial charge is 0.462 e. The number of piperidine rings is 1. The van der Waals surface area contributed by atoms with E-state index in [1.54, 1.807) is 16.0 Å². The summed E-state index contributed by atoms with van der Waals surface area (Å²) in [6, 6.07) is 14.9. The number of likely N-dealkylation sites (tertiary alicyclic amines) is 2. The highest BCUT2D eigenvalue weighted by Gasteiger charge is 2.34. The van der Waals surface area contributed by atoms with Gasteiger partial charge in [-0.05, 0) is 63.2 Å². The van der Waals surface area contributed by atoms with Crippen molar-refractivity contribution in [2.45, 2.75) is 63.6 Å². The molecule has 3 fully saturated rings. The molecule has 4 aliphatic heterocycles. The van der Waals surface area contributed by atoms with Gasteiger partial charge < -0.3 is 29.2 Å². The molecule has 0 aliphatic carbocycles. The predicted octanol–water partition coefficient (Wildman–Crippen LogP) is 4.78. The van der Waals surface area contributed by atoms with E-state index in [2.05, 4.69) is 52.1 Å². The Morgan fingerprint density at radius 3 is 2.67 bits per heavy atom. The molecule has 7 rings (SSSR count). The molecule has 2 aromatic carbocycles. The Morgan fingerprint density at radius 1 is 1.02 bits per heavy atom. The first-order valence-corrected chi connectivity index (χ1v) is 17.8. The fourth-order valence-electron chi connectivity index (χ4n) is 7.67. The van der Waals surface area contributed by atoms with E-state index in [0.717, 1.165) is 83.8 Å². The summed E-state index contributed by atoms with van der Waals surface area (Å²) < 4.78 is 6.33. The van der Waals surface area contributed by atoms with Crippen LogP contribution in [0.3, 0.4) is 0 Å². The second-order valence-electron chi connectivity index (χ2n) is 13.5. The Morgan fingerprint density at radius 2 is 1.88 bits per heavy atom. The van der Waals surface area contributed by atoms with Crippen LogP contribution in [0.15, 0.2) is 48.7 Å². The summed E-state index contributed by atoms with van der Waals surface area (Å²) in [5.41, 5.74) is 3.07. The van der Waals surface area contributed by atoms with Gasteiger partial charge in [0, 0.05) is 74.1 Å². The molecule has 2 amide bonds. The minimum Gasteiger partial charge on any atom is -0.462 e. The summed E-state index contributed by atoms with van der Waals surface area (Å²) in [4.78, 5) is 45.9. The second kappa shape index (κ2) is 14.6. The number of amides is 2. The van der Waals surface area contributed by atoms with Gasteiger partial charge in [0.05, 0.1) is 35.8 Å². The predicted molar refractivity (Wildman–Crippen MR) is 190 cm³/mol. The Bertz CT molecular complexity index is 1790. The Hall–Kier alpha value is -4.40. The van der Waals surface area contributed by atoms with Crippen molar-refractivity contribution in [2.75, 3.05) is 62.7 Å². The van der Waals surface area contributed by atoms with Crippen LogP contribution in [0.5, 0.6) is 6.01 Å². The number of piperazine rings is 1. The van der Waals surface area contributed by atoms with Crippen LogP contribution in [0.1, 0.15) is 49.8 Å². The van der Waals surface area contributed by atoms with Crippen LogP contribution in [0, 0.1) is 11.3 Å². The van der Waals surface area contributed by atoms with Gasteiger partial charge in [-0.2, -0.15) is 15.2 Å². The van der Waals surface area contributed by atoms with E-state index >= 15 is 0 Å². The third-order valence-electron chi connectivity index (χ3n) is 10.4. The SMILES string of the molecule is CN1CCC[C@H]1COc1nc2c(c(N3CCN(C(=O)/C=C/N4CCCCC4=O)[C@@H](CC#N)C3)n1)CCN(c1cccc3cccc(Cl)c13)C2. The number of carbonyl (C=O) groups is 2. The summed E-state index contributed by atoms with van der Waals surface area (Å²) >= 11 is 6.73. The molecule has 2 atom stereocenters. The van der Waals surface area contributed by atoms with E-state index in [4.69, 9.17) is 26.3 Å². The highest BCUT2D eigenvalue weighted by molar-refractivity contribution is 6.36. The quantitative estimate of drug-likeness (QED) is 0.310. The van der Waals surface area contributed by atoms with E-state index in [1.165, 1.54) is 6.08 Å². The fourth-order valence-corrected chi connectivity index (χ4v) is 7.95. The number of aromatic nitrogens is 2. The zero-order valence-electron chi connectivity index (χ0n) is 28.1. The number of halogens is 1. The van der Waals surface area contributed by atoms with Gasteiger partial charge in [-0.15, -0.1) is 0 Å². The second-order valence-corrected chi connectivity index (χ2v) is 13.9. The van der Waals surface area contributed by atoms with Crippen LogP contribution >= 0.6 is 11.6 Å². The lowest BCUT2D eigenvalue weighted by atomic mass is 10.0. The molecule has 256 valence electrons. The van der Waals surface area contributed by atoms with Crippen LogP contribution < -0.4 is 14.5 Å². The Labute approximate surface area is 292 Å². The number of ether oxygens (including phenoxy) is 1. The first-order valence-electron chi connectivity index (χ1n) is 17.4. The molecule has 0 bridgehead atoms. The fraction of sp³-hybridized carbons (Fsp3) is 0.486. The molecule has 49 heavy (non-hydrogen) atoms. The molecular weight excluding hydrogens is 640 g/mol. The number of carbonyl (C=O) groups excluding carboxylic acids is 2. The maximum atomic E-state index is 13.4. The van der Waals surface area contributed by atoms with Gasteiger partial charge in [0.1, 0.15) is 12.4 Å². The van der Waals surface area contributed by atoms with Crippen molar-refractivity contribution in [3.05, 3.63) is 65.0 Å². The number of hydrogen-bond acceptors (Lipinski definition) is 9. The molecule has 0 unspecified atom stereocenters. The van der Waals surface area contributed by atoms with Gasteiger partial charge in [0.15, 0.2) is 0 Å². The average molecular weight is 683 g/mol. The normalized spacial score (nSPS) is 21.8. The van der Waals surface area contributed by atoms with Crippen molar-refractivity contribution >= 4 is 45.7 Å². The van der Waals surface area contributed by atoms with Gasteiger partial charge in [-0.1, -0.05) is 35.9 Å². The van der Waals surface area contributed by atoms with Crippen LogP contribution in [0.2, 0.25) is 5.02 Å². The number of nitriles is 1. The van der Waals surface area contributed by atoms with E-state index in [1.807, 2.05) is 12.1 Å². The number of rotatable bonds is 8. The van der Waals surface area contributed by atoms with E-state index in [-0.39, 0.29) is 24.3 Å². The van der Waals surface area contributed by atoms with E-state index in [9.17, 15) is 14.9 Å². The maximum Gasteiger partial charge on any atom is 0.318 e. The number of likely N-dealkylation sites (N-methyl/N-ethyl adjacent to an activating group) is 1. The standard InChI is InChI=1S/C37H43ClN8O3/c1-42-17-6-9-28(42)25-49-37-40-31-24-44(32-11-5-8-26-7-4-10-30(38)35(26)32)19-14-29(31)36(41-37)45-21-22-46(27(23-45)13-16-39)34(48)15-20-43-18-3-2-12-33(43)47/h4-5,7-8,10-11,15,20,27-28H,2-3,6,9,12-14,17-19,21-25H2,1H3/b20-15+/t27-,28-/m0/s1. The first kappa shape index (κ1) is 33.1. The first-order chi connectivity index (χ1) is 23.9. The minimum absolute atomic E-state index is 0.0435. The molecule has 4 aliphatic rings. The third kappa shape index (κ3) is 7.03. The number of benzene rings is 2. The van der Waals surface area contributed by atoms with Crippen LogP contribution in [0.4, 0.5) is 11.5 Å². The average Bonchev–Trinajstić information content (AvgIpc) is 3.53. The zero-order chi connectivity index (χ0) is 33.9. The summed E-state index contributed by atoms with van der Waals surface area (Å²) in [7, 11) is 2.13. The van der Waals surface area contributed by atoms with Crippen molar-refractivity contribution in [1.29, 1.82) is 5.26 Å². The number of fused-ring (bicyclic) bond motifs is 2. The number of nitrogens with zero attached hydrogens (tertiary/aromatic N) is 8. The summed E-state index contributed by atoms with van der Waals surface area (Å²) in [5, 5.41) is 12.6. The van der Waals surface area contributed by atoms with Gasteiger partial charge in [0.2, 0.25) is 11.8 Å². The highest BCUT2D eigenvalue weighted by atomic mass is 35.5. The summed E-state index contributed by atoms with van der Waals surface area (Å²) in [6.45, 7) is 5.00. The van der Waals surface area contributed by atoms with Gasteiger partial charge in [-0.3, -0.25) is 9.59 Å². The zero-order valence-corrected chi connectivity index (χ0v) is 28.8. The monoisotopic (exact) mass is 682 g/mol. The molecule has 12 heteroatoms. The van der Waals surface area contributed by atoms with Crippen molar-refractivity contribution < 1.29 is 14.3 Å².